The van der Waals surface area contributed by atoms with E-state index in [1.54, 1.807) is 48.9 Å². The van der Waals surface area contributed by atoms with Crippen LogP contribution in [0.3, 0.4) is 0 Å². The number of alkyl halides is 3. The van der Waals surface area contributed by atoms with E-state index in [2.05, 4.69) is 15.5 Å². The molecule has 186 valence electrons. The first-order valence-electron chi connectivity index (χ1n) is 10.8. The van der Waals surface area contributed by atoms with Gasteiger partial charge in [-0.2, -0.15) is 23.4 Å². The van der Waals surface area contributed by atoms with E-state index < -0.39 is 16.7 Å². The Hall–Kier alpha value is -4.48. The number of nitrogens with one attached hydrogen (secondary N) is 1. The molecule has 4 aromatic rings. The molecular formula is C24H21F3N6O3. The van der Waals surface area contributed by atoms with Gasteiger partial charge in [-0.1, -0.05) is 24.3 Å². The van der Waals surface area contributed by atoms with Gasteiger partial charge in [-0.25, -0.2) is 0 Å². The maximum atomic E-state index is 12.9. The van der Waals surface area contributed by atoms with Gasteiger partial charge in [0.05, 0.1) is 35.5 Å². The summed E-state index contributed by atoms with van der Waals surface area (Å²) in [6.07, 6.45) is -1.49. The lowest BCUT2D eigenvalue weighted by Gasteiger charge is -2.08. The monoisotopic (exact) mass is 498 g/mol. The second kappa shape index (κ2) is 9.64. The molecule has 0 bridgehead atoms. The second-order valence-electron chi connectivity index (χ2n) is 8.21. The van der Waals surface area contributed by atoms with E-state index in [1.165, 1.54) is 23.1 Å². The van der Waals surface area contributed by atoms with E-state index in [0.29, 0.717) is 34.7 Å². The Morgan fingerprint density at radius 3 is 2.44 bits per heavy atom. The van der Waals surface area contributed by atoms with Gasteiger partial charge in [-0.15, -0.1) is 0 Å². The molecule has 0 unspecified atom stereocenters. The molecule has 12 heteroatoms. The number of anilines is 1. The Morgan fingerprint density at radius 2 is 1.81 bits per heavy atom. The van der Waals surface area contributed by atoms with Crippen LogP contribution in [0.25, 0.3) is 0 Å². The van der Waals surface area contributed by atoms with Crippen LogP contribution in [0.15, 0.2) is 60.9 Å². The molecule has 4 rings (SSSR count). The van der Waals surface area contributed by atoms with Crippen molar-refractivity contribution >= 4 is 17.3 Å². The molecule has 0 radical (unpaired) electrons. The summed E-state index contributed by atoms with van der Waals surface area (Å²) in [5.41, 5.74) is 2.04. The molecule has 0 saturated heterocycles. The maximum Gasteiger partial charge on any atom is 0.416 e. The van der Waals surface area contributed by atoms with Gasteiger partial charge >= 0.3 is 11.9 Å². The van der Waals surface area contributed by atoms with Crippen LogP contribution in [-0.2, 0) is 19.3 Å². The van der Waals surface area contributed by atoms with Gasteiger partial charge in [0.1, 0.15) is 11.4 Å². The van der Waals surface area contributed by atoms with E-state index in [9.17, 15) is 28.1 Å². The maximum absolute atomic E-state index is 12.9. The number of carbonyl (C=O) groups is 1. The lowest BCUT2D eigenvalue weighted by Crippen LogP contribution is -2.12. The Kier molecular flexibility index (Phi) is 6.60. The van der Waals surface area contributed by atoms with Crippen LogP contribution in [0.4, 0.5) is 24.5 Å². The van der Waals surface area contributed by atoms with Crippen LogP contribution in [0, 0.1) is 24.0 Å². The van der Waals surface area contributed by atoms with Gasteiger partial charge in [-0.3, -0.25) is 24.3 Å². The van der Waals surface area contributed by atoms with E-state index in [4.69, 9.17) is 0 Å². The van der Waals surface area contributed by atoms with Gasteiger partial charge in [0, 0.05) is 11.8 Å². The minimum Gasteiger partial charge on any atom is -0.319 e. The first kappa shape index (κ1) is 24.6. The predicted molar refractivity (Wildman–Crippen MR) is 125 cm³/mol. The Labute approximate surface area is 203 Å². The molecule has 0 fully saturated rings. The zero-order valence-corrected chi connectivity index (χ0v) is 19.3. The highest BCUT2D eigenvalue weighted by Gasteiger charge is 2.30. The largest absolute Gasteiger partial charge is 0.416 e. The second-order valence-corrected chi connectivity index (χ2v) is 8.21. The molecule has 0 spiro atoms. The molecule has 36 heavy (non-hydrogen) atoms. The summed E-state index contributed by atoms with van der Waals surface area (Å²) in [5, 5.41) is 22.2. The summed E-state index contributed by atoms with van der Waals surface area (Å²) in [6.45, 7) is 3.63. The number of aryl methyl sites for hydroxylation is 1. The summed E-state index contributed by atoms with van der Waals surface area (Å²) in [5.74, 6) is -0.387. The van der Waals surface area contributed by atoms with Gasteiger partial charge < -0.3 is 5.32 Å². The fourth-order valence-corrected chi connectivity index (χ4v) is 3.79. The first-order chi connectivity index (χ1) is 17.0. The molecule has 9 nitrogen and oxygen atoms in total. The Morgan fingerprint density at radius 1 is 1.08 bits per heavy atom. The highest BCUT2D eigenvalue weighted by molar-refractivity contribution is 6.04. The third kappa shape index (κ3) is 5.43. The Balaban J connectivity index is 1.39. The number of hydrogen-bond donors (Lipinski definition) is 1. The number of hydrogen-bond acceptors (Lipinski definition) is 5. The third-order valence-corrected chi connectivity index (χ3v) is 5.56. The highest BCUT2D eigenvalue weighted by Crippen LogP contribution is 2.29. The van der Waals surface area contributed by atoms with E-state index in [-0.39, 0.29) is 18.1 Å². The van der Waals surface area contributed by atoms with Crippen molar-refractivity contribution in [2.24, 2.45) is 0 Å². The molecule has 0 aliphatic rings. The number of aromatic nitrogens is 4. The van der Waals surface area contributed by atoms with Crippen molar-refractivity contribution in [1.82, 2.24) is 19.6 Å². The molecule has 2 heterocycles. The lowest BCUT2D eigenvalue weighted by molar-refractivity contribution is -0.386. The van der Waals surface area contributed by atoms with Gasteiger partial charge in [0.2, 0.25) is 0 Å². The molecule has 0 atom stereocenters. The number of amides is 1. The van der Waals surface area contributed by atoms with Gasteiger partial charge in [0.25, 0.3) is 5.91 Å². The van der Waals surface area contributed by atoms with Crippen molar-refractivity contribution in [2.75, 3.05) is 5.32 Å². The van der Waals surface area contributed by atoms with Crippen LogP contribution in [-0.4, -0.2) is 30.4 Å². The van der Waals surface area contributed by atoms with Crippen LogP contribution < -0.4 is 5.32 Å². The smallest absolute Gasteiger partial charge is 0.319 e. The summed E-state index contributed by atoms with van der Waals surface area (Å²) < 4.78 is 41.7. The van der Waals surface area contributed by atoms with Crippen LogP contribution in [0.1, 0.15) is 38.4 Å². The topological polar surface area (TPSA) is 108 Å². The predicted octanol–water partition coefficient (Wildman–Crippen LogP) is 4.97. The standard InChI is InChI=1S/C24H21F3N6O3/c1-15-22(33(35)36)16(2)32(30-15)13-17-6-8-19(9-7-17)23(34)29-21-11-28-31(14-21)12-18-4-3-5-20(10-18)24(25,26)27/h3-11,14H,12-13H2,1-2H3,(H,29,34). The van der Waals surface area contributed by atoms with E-state index >= 15 is 0 Å². The molecule has 0 aliphatic heterocycles. The van der Waals surface area contributed by atoms with Crippen molar-refractivity contribution in [3.8, 4) is 0 Å². The fraction of sp³-hybridized carbons (Fsp3) is 0.208. The van der Waals surface area contributed by atoms with Crippen LogP contribution in [0.2, 0.25) is 0 Å². The molecule has 0 aliphatic carbocycles. The molecule has 2 aromatic heterocycles. The molecular weight excluding hydrogens is 477 g/mol. The van der Waals surface area contributed by atoms with Crippen molar-refractivity contribution in [2.45, 2.75) is 33.1 Å². The summed E-state index contributed by atoms with van der Waals surface area (Å²) in [6, 6.07) is 11.7. The average Bonchev–Trinajstić information content (AvgIpc) is 3.36. The van der Waals surface area contributed by atoms with Gasteiger partial charge in [-0.05, 0) is 49.2 Å². The molecule has 2 aromatic carbocycles. The third-order valence-electron chi connectivity index (χ3n) is 5.56. The minimum absolute atomic E-state index is 0.0143. The highest BCUT2D eigenvalue weighted by atomic mass is 19.4. The number of halogens is 3. The van der Waals surface area contributed by atoms with Crippen LogP contribution in [0.5, 0.6) is 0 Å². The van der Waals surface area contributed by atoms with Crippen LogP contribution >= 0.6 is 0 Å². The number of rotatable bonds is 7. The molecule has 1 N–H and O–H groups in total. The quantitative estimate of drug-likeness (QED) is 0.286. The van der Waals surface area contributed by atoms with Crippen molar-refractivity contribution in [3.63, 3.8) is 0 Å². The molecule has 1 amide bonds. The van der Waals surface area contributed by atoms with Gasteiger partial charge in [0.15, 0.2) is 0 Å². The average molecular weight is 498 g/mol. The van der Waals surface area contributed by atoms with Crippen molar-refractivity contribution in [3.05, 3.63) is 105 Å². The fourth-order valence-electron chi connectivity index (χ4n) is 3.79. The minimum atomic E-state index is -4.43. The van der Waals surface area contributed by atoms with E-state index in [0.717, 1.165) is 17.7 Å². The lowest BCUT2D eigenvalue weighted by atomic mass is 10.1. The zero-order valence-electron chi connectivity index (χ0n) is 19.3. The van der Waals surface area contributed by atoms with Crippen molar-refractivity contribution < 1.29 is 22.9 Å². The summed E-state index contributed by atoms with van der Waals surface area (Å²) in [7, 11) is 0. The summed E-state index contributed by atoms with van der Waals surface area (Å²) >= 11 is 0. The first-order valence-corrected chi connectivity index (χ1v) is 10.8. The summed E-state index contributed by atoms with van der Waals surface area (Å²) in [4.78, 5) is 23.3. The van der Waals surface area contributed by atoms with E-state index in [1.807, 2.05) is 0 Å². The number of benzene rings is 2. The normalized spacial score (nSPS) is 11.5. The number of nitrogens with zero attached hydrogens (tertiary/aromatic N) is 5. The zero-order chi connectivity index (χ0) is 26.0. The SMILES string of the molecule is Cc1nn(Cc2ccc(C(=O)Nc3cnn(Cc4cccc(C(F)(F)F)c4)c3)cc2)c(C)c1[N+](=O)[O-]. The number of carbonyl (C=O) groups excluding carboxylic acids is 1. The molecule has 0 saturated carbocycles. The number of nitro groups is 1. The van der Waals surface area contributed by atoms with Crippen molar-refractivity contribution in [1.29, 1.82) is 0 Å². The Bertz CT molecular complexity index is 1420.